The summed E-state index contributed by atoms with van der Waals surface area (Å²) in [6, 6.07) is 6.60. The van der Waals surface area contributed by atoms with E-state index in [-0.39, 0.29) is 17.7 Å². The Bertz CT molecular complexity index is 730. The molecule has 1 saturated heterocycles. The predicted octanol–water partition coefficient (Wildman–Crippen LogP) is 1.78. The molecule has 3 rings (SSSR count). The Labute approximate surface area is 159 Å². The Balaban J connectivity index is 1.63. The minimum atomic E-state index is -0.902. The highest BCUT2D eigenvalue weighted by molar-refractivity contribution is 5.89. The Morgan fingerprint density at radius 3 is 2.56 bits per heavy atom. The molecule has 2 atom stereocenters. The van der Waals surface area contributed by atoms with Gasteiger partial charge in [0.05, 0.1) is 11.0 Å². The van der Waals surface area contributed by atoms with Gasteiger partial charge in [-0.2, -0.15) is 0 Å². The van der Waals surface area contributed by atoms with E-state index in [2.05, 4.69) is 4.90 Å². The van der Waals surface area contributed by atoms with E-state index in [4.69, 9.17) is 10.5 Å². The molecule has 2 fully saturated rings. The summed E-state index contributed by atoms with van der Waals surface area (Å²) in [6.07, 6.45) is 0.542. The summed E-state index contributed by atoms with van der Waals surface area (Å²) in [5, 5.41) is 11.0. The van der Waals surface area contributed by atoms with Crippen LogP contribution in [-0.2, 0) is 9.53 Å². The van der Waals surface area contributed by atoms with Crippen LogP contribution in [0.15, 0.2) is 24.3 Å². The maximum Gasteiger partial charge on any atom is 0.271 e. The molecule has 1 amide bonds. The van der Waals surface area contributed by atoms with E-state index in [0.717, 1.165) is 5.69 Å². The van der Waals surface area contributed by atoms with Gasteiger partial charge in [0.25, 0.3) is 5.69 Å². The number of nitrogens with two attached hydrogens (primary N) is 1. The fourth-order valence-corrected chi connectivity index (χ4v) is 4.05. The first-order chi connectivity index (χ1) is 12.7. The molecule has 8 nitrogen and oxygen atoms in total. The molecule has 0 aromatic heterocycles. The van der Waals surface area contributed by atoms with Gasteiger partial charge in [0.2, 0.25) is 5.91 Å². The topological polar surface area (TPSA) is 102 Å². The van der Waals surface area contributed by atoms with Crippen LogP contribution < -0.4 is 10.6 Å². The van der Waals surface area contributed by atoms with E-state index in [1.807, 2.05) is 31.7 Å². The Morgan fingerprint density at radius 2 is 2.00 bits per heavy atom. The van der Waals surface area contributed by atoms with Crippen molar-refractivity contribution in [3.05, 3.63) is 34.4 Å². The molecule has 1 saturated carbocycles. The molecule has 148 valence electrons. The van der Waals surface area contributed by atoms with Crippen LogP contribution in [0.4, 0.5) is 11.4 Å². The van der Waals surface area contributed by atoms with Gasteiger partial charge in [-0.1, -0.05) is 19.9 Å². The number of amides is 1. The lowest BCUT2D eigenvalue weighted by atomic mass is 9.54. The van der Waals surface area contributed by atoms with E-state index in [1.165, 1.54) is 6.07 Å². The van der Waals surface area contributed by atoms with Crippen molar-refractivity contribution >= 4 is 17.3 Å². The van der Waals surface area contributed by atoms with Crippen LogP contribution in [0.1, 0.15) is 27.2 Å². The number of rotatable bonds is 5. The summed E-state index contributed by atoms with van der Waals surface area (Å²) in [4.78, 5) is 27.6. The van der Waals surface area contributed by atoms with Crippen molar-refractivity contribution in [2.24, 2.45) is 11.1 Å². The monoisotopic (exact) mass is 376 g/mol. The van der Waals surface area contributed by atoms with Gasteiger partial charge in [-0.3, -0.25) is 14.9 Å². The molecule has 0 radical (unpaired) electrons. The van der Waals surface area contributed by atoms with Crippen molar-refractivity contribution in [3.8, 4) is 0 Å². The number of carbonyl (C=O) groups excluding carboxylic acids is 1. The number of anilines is 1. The van der Waals surface area contributed by atoms with Crippen LogP contribution in [0.2, 0.25) is 0 Å². The molecule has 1 aliphatic heterocycles. The first-order valence-corrected chi connectivity index (χ1v) is 9.40. The van der Waals surface area contributed by atoms with Crippen LogP contribution in [-0.4, -0.2) is 60.2 Å². The van der Waals surface area contributed by atoms with Crippen LogP contribution in [0.3, 0.4) is 0 Å². The first kappa shape index (κ1) is 19.6. The molecular formula is C19H28N4O4. The molecule has 1 aliphatic carbocycles. The summed E-state index contributed by atoms with van der Waals surface area (Å²) >= 11 is 0. The third kappa shape index (κ3) is 3.27. The number of nitro benzene ring substituents is 1. The van der Waals surface area contributed by atoms with Gasteiger partial charge < -0.3 is 20.3 Å². The molecule has 2 N–H and O–H groups in total. The molecule has 1 aromatic carbocycles. The molecule has 0 spiro atoms. The van der Waals surface area contributed by atoms with Crippen LogP contribution in [0, 0.1) is 15.5 Å². The molecule has 1 aromatic rings. The fraction of sp³-hybridized carbons (Fsp3) is 0.632. The highest BCUT2D eigenvalue weighted by Gasteiger charge is 2.63. The van der Waals surface area contributed by atoms with Gasteiger partial charge >= 0.3 is 0 Å². The SMILES string of the molecule is CCOC1CC(N)(C(=O)N2CCN(c3cccc([N+](=O)[O-])c3)CC2)C1(C)C. The van der Waals surface area contributed by atoms with Crippen molar-refractivity contribution in [2.45, 2.75) is 38.8 Å². The lowest BCUT2D eigenvalue weighted by molar-refractivity contribution is -0.384. The minimum absolute atomic E-state index is 0.00241. The quantitative estimate of drug-likeness (QED) is 0.621. The van der Waals surface area contributed by atoms with Gasteiger partial charge in [0, 0.05) is 62.4 Å². The van der Waals surface area contributed by atoms with Crippen molar-refractivity contribution < 1.29 is 14.5 Å². The number of benzene rings is 1. The number of nitrogens with zero attached hydrogens (tertiary/aromatic N) is 3. The lowest BCUT2D eigenvalue weighted by Crippen LogP contribution is -2.76. The van der Waals surface area contributed by atoms with E-state index in [1.54, 1.807) is 12.1 Å². The van der Waals surface area contributed by atoms with Crippen LogP contribution in [0.5, 0.6) is 0 Å². The lowest BCUT2D eigenvalue weighted by Gasteiger charge is -2.59. The molecule has 0 bridgehead atoms. The van der Waals surface area contributed by atoms with E-state index >= 15 is 0 Å². The zero-order valence-electron chi connectivity index (χ0n) is 16.2. The Morgan fingerprint density at radius 1 is 1.33 bits per heavy atom. The molecule has 1 heterocycles. The van der Waals surface area contributed by atoms with Crippen molar-refractivity contribution in [1.29, 1.82) is 0 Å². The van der Waals surface area contributed by atoms with Crippen LogP contribution in [0.25, 0.3) is 0 Å². The van der Waals surface area contributed by atoms with Crippen molar-refractivity contribution in [2.75, 3.05) is 37.7 Å². The number of ether oxygens (including phenoxy) is 1. The Hall–Kier alpha value is -2.19. The summed E-state index contributed by atoms with van der Waals surface area (Å²) < 4.78 is 5.72. The van der Waals surface area contributed by atoms with Gasteiger partial charge in [0.15, 0.2) is 0 Å². The van der Waals surface area contributed by atoms with Crippen LogP contribution >= 0.6 is 0 Å². The number of nitro groups is 1. The smallest absolute Gasteiger partial charge is 0.271 e. The average Bonchev–Trinajstić information content (AvgIpc) is 2.67. The standard InChI is InChI=1S/C19H28N4O4/c1-4-27-16-13-19(20,18(16,2)3)17(24)22-10-8-21(9-11-22)14-6-5-7-15(12-14)23(25)26/h5-7,12,16H,4,8-11,13,20H2,1-3H3. The summed E-state index contributed by atoms with van der Waals surface area (Å²) in [7, 11) is 0. The fourth-order valence-electron chi connectivity index (χ4n) is 4.05. The number of piperazine rings is 1. The highest BCUT2D eigenvalue weighted by atomic mass is 16.6. The highest BCUT2D eigenvalue weighted by Crippen LogP contribution is 2.50. The molecular weight excluding hydrogens is 348 g/mol. The number of carbonyl (C=O) groups is 1. The van der Waals surface area contributed by atoms with Gasteiger partial charge in [-0.25, -0.2) is 0 Å². The summed E-state index contributed by atoms with van der Waals surface area (Å²) in [5.74, 6) is -0.0258. The third-order valence-corrected chi connectivity index (χ3v) is 6.18. The van der Waals surface area contributed by atoms with E-state index < -0.39 is 15.9 Å². The second kappa shape index (κ2) is 7.09. The first-order valence-electron chi connectivity index (χ1n) is 9.40. The molecule has 8 heteroatoms. The second-order valence-corrected chi connectivity index (χ2v) is 7.90. The summed E-state index contributed by atoms with van der Waals surface area (Å²) in [6.45, 7) is 8.90. The molecule has 27 heavy (non-hydrogen) atoms. The molecule has 2 aliphatic rings. The van der Waals surface area contributed by atoms with Crippen molar-refractivity contribution in [3.63, 3.8) is 0 Å². The normalized spacial score (nSPS) is 27.2. The molecule has 2 unspecified atom stereocenters. The third-order valence-electron chi connectivity index (χ3n) is 6.18. The predicted molar refractivity (Wildman–Crippen MR) is 103 cm³/mol. The zero-order chi connectivity index (χ0) is 19.8. The largest absolute Gasteiger partial charge is 0.378 e. The van der Waals surface area contributed by atoms with Gasteiger partial charge in [0.1, 0.15) is 5.54 Å². The van der Waals surface area contributed by atoms with E-state index in [9.17, 15) is 14.9 Å². The van der Waals surface area contributed by atoms with E-state index in [0.29, 0.717) is 39.2 Å². The maximum absolute atomic E-state index is 13.1. The number of hydrogen-bond acceptors (Lipinski definition) is 6. The number of non-ortho nitro benzene ring substituents is 1. The van der Waals surface area contributed by atoms with Crippen molar-refractivity contribution in [1.82, 2.24) is 4.90 Å². The average molecular weight is 376 g/mol. The van der Waals surface area contributed by atoms with Gasteiger partial charge in [-0.05, 0) is 13.0 Å². The second-order valence-electron chi connectivity index (χ2n) is 7.90. The minimum Gasteiger partial charge on any atom is -0.378 e. The number of hydrogen-bond donors (Lipinski definition) is 1. The Kier molecular flexibility index (Phi) is 5.14. The maximum atomic E-state index is 13.1. The zero-order valence-corrected chi connectivity index (χ0v) is 16.2. The van der Waals surface area contributed by atoms with Gasteiger partial charge in [-0.15, -0.1) is 0 Å². The summed E-state index contributed by atoms with van der Waals surface area (Å²) in [5.41, 5.74) is 6.09.